The molecule has 0 fully saturated rings. The third-order valence-electron chi connectivity index (χ3n) is 3.14. The molecule has 0 unspecified atom stereocenters. The summed E-state index contributed by atoms with van der Waals surface area (Å²) in [7, 11) is 0. The second-order valence-electron chi connectivity index (χ2n) is 4.80. The molecule has 0 saturated carbocycles. The number of rotatable bonds is 5. The number of amides is 1. The van der Waals surface area contributed by atoms with Gasteiger partial charge in [-0.05, 0) is 24.3 Å². The summed E-state index contributed by atoms with van der Waals surface area (Å²) in [4.78, 5) is 24.2. The highest BCUT2D eigenvalue weighted by Crippen LogP contribution is 2.24. The van der Waals surface area contributed by atoms with E-state index < -0.39 is 0 Å². The average Bonchev–Trinajstić information content (AvgIpc) is 2.64. The number of carbonyl (C=O) groups excluding carboxylic acids is 1. The third-order valence-corrected chi connectivity index (χ3v) is 3.14. The zero-order valence-electron chi connectivity index (χ0n) is 12.6. The monoisotopic (exact) mass is 321 g/mol. The fourth-order valence-corrected chi connectivity index (χ4v) is 1.95. The summed E-state index contributed by atoms with van der Waals surface area (Å²) in [5, 5.41) is 3.04. The lowest BCUT2D eigenvalue weighted by Gasteiger charge is -2.13. The number of nitrogen functional groups attached to an aromatic ring is 1. The first-order chi connectivity index (χ1) is 11.7. The van der Waals surface area contributed by atoms with Crippen LogP contribution in [0.1, 0.15) is 10.4 Å². The lowest BCUT2D eigenvalue weighted by atomic mass is 10.2. The number of nitrogens with one attached hydrogen (secondary N) is 3. The smallest absolute Gasteiger partial charge is 0.269 e. The van der Waals surface area contributed by atoms with Gasteiger partial charge in [0.2, 0.25) is 0 Å². The van der Waals surface area contributed by atoms with Crippen molar-refractivity contribution in [1.82, 2.24) is 20.4 Å². The van der Waals surface area contributed by atoms with Gasteiger partial charge in [0.05, 0.1) is 11.9 Å². The molecule has 2 heterocycles. The second-order valence-corrected chi connectivity index (χ2v) is 4.80. The Kier molecular flexibility index (Phi) is 4.47. The number of hydrazine groups is 1. The molecule has 3 rings (SSSR count). The molecule has 24 heavy (non-hydrogen) atoms. The predicted octanol–water partition coefficient (Wildman–Crippen LogP) is 1.95. The van der Waals surface area contributed by atoms with Crippen LogP contribution in [-0.4, -0.2) is 20.9 Å². The molecule has 2 aromatic heterocycles. The molecule has 0 aliphatic rings. The minimum absolute atomic E-state index is 0.273. The second kappa shape index (κ2) is 7.05. The van der Waals surface area contributed by atoms with Gasteiger partial charge in [0.25, 0.3) is 5.91 Å². The highest BCUT2D eigenvalue weighted by Gasteiger charge is 2.10. The van der Waals surface area contributed by atoms with E-state index in [4.69, 9.17) is 5.73 Å². The van der Waals surface area contributed by atoms with E-state index in [2.05, 4.69) is 31.1 Å². The predicted molar refractivity (Wildman–Crippen MR) is 91.5 cm³/mol. The number of nitrogens with two attached hydrogens (primary N) is 1. The Morgan fingerprint density at radius 1 is 1.00 bits per heavy atom. The summed E-state index contributed by atoms with van der Waals surface area (Å²) < 4.78 is 0. The van der Waals surface area contributed by atoms with Gasteiger partial charge in [0.15, 0.2) is 11.6 Å². The van der Waals surface area contributed by atoms with Gasteiger partial charge in [0.1, 0.15) is 12.0 Å². The molecule has 8 heteroatoms. The highest BCUT2D eigenvalue weighted by atomic mass is 16.2. The topological polar surface area (TPSA) is 118 Å². The van der Waals surface area contributed by atoms with Gasteiger partial charge in [-0.1, -0.05) is 18.2 Å². The Labute approximate surface area is 138 Å². The normalized spacial score (nSPS) is 10.0. The van der Waals surface area contributed by atoms with Gasteiger partial charge in [-0.15, -0.1) is 0 Å². The Morgan fingerprint density at radius 2 is 1.79 bits per heavy atom. The molecule has 1 aromatic carbocycles. The van der Waals surface area contributed by atoms with E-state index >= 15 is 0 Å². The van der Waals surface area contributed by atoms with Gasteiger partial charge < -0.3 is 11.1 Å². The summed E-state index contributed by atoms with van der Waals surface area (Å²) in [5.74, 6) is 0.408. The van der Waals surface area contributed by atoms with Gasteiger partial charge in [-0.3, -0.25) is 20.6 Å². The van der Waals surface area contributed by atoms with Crippen LogP contribution in [-0.2, 0) is 0 Å². The lowest BCUT2D eigenvalue weighted by Crippen LogP contribution is -2.30. The summed E-state index contributed by atoms with van der Waals surface area (Å²) in [6, 6.07) is 12.4. The fraction of sp³-hybridized carbons (Fsp3) is 0. The molecule has 0 bridgehead atoms. The summed E-state index contributed by atoms with van der Waals surface area (Å²) in [6.07, 6.45) is 4.65. The van der Waals surface area contributed by atoms with Gasteiger partial charge in [-0.25, -0.2) is 9.97 Å². The standard InChI is InChI=1S/C16H15N7O/c17-13-14(21-12-7-4-8-18-9-12)19-10-20-15(13)22-23-16(24)11-5-2-1-3-6-11/h1-10H,17H2,(H,23,24)(H2,19,20,21,22). The number of carbonyl (C=O) groups is 1. The minimum atomic E-state index is -0.296. The summed E-state index contributed by atoms with van der Waals surface area (Å²) in [5.41, 5.74) is 12.8. The van der Waals surface area contributed by atoms with Crippen LogP contribution in [0.2, 0.25) is 0 Å². The van der Waals surface area contributed by atoms with E-state index in [1.54, 1.807) is 42.7 Å². The van der Waals surface area contributed by atoms with Crippen molar-refractivity contribution >= 4 is 28.9 Å². The van der Waals surface area contributed by atoms with Crippen LogP contribution in [0.3, 0.4) is 0 Å². The Hall–Kier alpha value is -3.68. The summed E-state index contributed by atoms with van der Waals surface area (Å²) in [6.45, 7) is 0. The third kappa shape index (κ3) is 3.55. The first-order valence-corrected chi connectivity index (χ1v) is 7.13. The molecule has 8 nitrogen and oxygen atoms in total. The van der Waals surface area contributed by atoms with Crippen molar-refractivity contribution in [2.75, 3.05) is 16.5 Å². The van der Waals surface area contributed by atoms with Gasteiger partial charge >= 0.3 is 0 Å². The zero-order chi connectivity index (χ0) is 16.8. The quantitative estimate of drug-likeness (QED) is 0.530. The van der Waals surface area contributed by atoms with Crippen molar-refractivity contribution in [3.8, 4) is 0 Å². The molecule has 1 amide bonds. The van der Waals surface area contributed by atoms with Crippen LogP contribution in [0, 0.1) is 0 Å². The average molecular weight is 321 g/mol. The molecule has 0 radical (unpaired) electrons. The van der Waals surface area contributed by atoms with Crippen LogP contribution in [0.4, 0.5) is 23.0 Å². The SMILES string of the molecule is Nc1c(NNC(=O)c2ccccc2)ncnc1Nc1cccnc1. The van der Waals surface area contributed by atoms with Crippen molar-refractivity contribution in [2.45, 2.75) is 0 Å². The van der Waals surface area contributed by atoms with Crippen molar-refractivity contribution in [2.24, 2.45) is 0 Å². The van der Waals surface area contributed by atoms with Crippen LogP contribution in [0.15, 0.2) is 61.2 Å². The Morgan fingerprint density at radius 3 is 2.54 bits per heavy atom. The Balaban J connectivity index is 1.70. The van der Waals surface area contributed by atoms with E-state index in [1.165, 1.54) is 6.33 Å². The first-order valence-electron chi connectivity index (χ1n) is 7.13. The zero-order valence-corrected chi connectivity index (χ0v) is 12.6. The maximum absolute atomic E-state index is 12.0. The Bertz CT molecular complexity index is 824. The molecule has 0 spiro atoms. The number of hydrogen-bond donors (Lipinski definition) is 4. The minimum Gasteiger partial charge on any atom is -0.393 e. The number of hydrogen-bond acceptors (Lipinski definition) is 7. The van der Waals surface area contributed by atoms with E-state index in [9.17, 15) is 4.79 Å². The highest BCUT2D eigenvalue weighted by molar-refractivity contribution is 5.95. The maximum Gasteiger partial charge on any atom is 0.269 e. The number of pyridine rings is 1. The molecule has 0 aliphatic carbocycles. The molecule has 0 saturated heterocycles. The van der Waals surface area contributed by atoms with Crippen LogP contribution >= 0.6 is 0 Å². The largest absolute Gasteiger partial charge is 0.393 e. The van der Waals surface area contributed by atoms with Crippen molar-refractivity contribution in [3.05, 3.63) is 66.7 Å². The maximum atomic E-state index is 12.0. The molecule has 3 aromatic rings. The van der Waals surface area contributed by atoms with Crippen LogP contribution < -0.4 is 21.9 Å². The van der Waals surface area contributed by atoms with Crippen LogP contribution in [0.25, 0.3) is 0 Å². The number of aromatic nitrogens is 3. The van der Waals surface area contributed by atoms with Crippen LogP contribution in [0.5, 0.6) is 0 Å². The molecule has 0 atom stereocenters. The number of anilines is 4. The summed E-state index contributed by atoms with van der Waals surface area (Å²) >= 11 is 0. The van der Waals surface area contributed by atoms with Gasteiger partial charge in [-0.2, -0.15) is 0 Å². The van der Waals surface area contributed by atoms with E-state index in [1.807, 2.05) is 12.1 Å². The fourth-order valence-electron chi connectivity index (χ4n) is 1.95. The van der Waals surface area contributed by atoms with Crippen molar-refractivity contribution in [1.29, 1.82) is 0 Å². The molecule has 5 N–H and O–H groups in total. The molecule has 120 valence electrons. The van der Waals surface area contributed by atoms with E-state index in [-0.39, 0.29) is 11.6 Å². The number of benzene rings is 1. The van der Waals surface area contributed by atoms with Crippen molar-refractivity contribution in [3.63, 3.8) is 0 Å². The van der Waals surface area contributed by atoms with E-state index in [0.29, 0.717) is 17.2 Å². The lowest BCUT2D eigenvalue weighted by molar-refractivity contribution is 0.0962. The molecular weight excluding hydrogens is 306 g/mol. The molecule has 0 aliphatic heterocycles. The van der Waals surface area contributed by atoms with Crippen molar-refractivity contribution < 1.29 is 4.79 Å². The first kappa shape index (κ1) is 15.2. The number of nitrogens with zero attached hydrogens (tertiary/aromatic N) is 3. The molecular formula is C16H15N7O. The van der Waals surface area contributed by atoms with E-state index in [0.717, 1.165) is 5.69 Å². The van der Waals surface area contributed by atoms with Gasteiger partial charge in [0, 0.05) is 11.8 Å².